The average Bonchev–Trinajstić information content (AvgIpc) is 2.91. The molecule has 0 saturated heterocycles. The van der Waals surface area contributed by atoms with Crippen molar-refractivity contribution in [3.05, 3.63) is 96.1 Å². The van der Waals surface area contributed by atoms with Crippen LogP contribution in [0.15, 0.2) is 84.9 Å². The zero-order valence-corrected chi connectivity index (χ0v) is 21.1. The number of nitrogens with zero attached hydrogens (tertiary/aromatic N) is 1. The van der Waals surface area contributed by atoms with Gasteiger partial charge in [-0.3, -0.25) is 14.5 Å². The van der Waals surface area contributed by atoms with Crippen molar-refractivity contribution < 1.29 is 24.3 Å². The maximum atomic E-state index is 13.8. The van der Waals surface area contributed by atoms with Gasteiger partial charge in [0.05, 0.1) is 11.4 Å². The molecule has 9 heteroatoms. The fourth-order valence-electron chi connectivity index (χ4n) is 4.55. The smallest absolute Gasteiger partial charge is 0.330 e. The van der Waals surface area contributed by atoms with Gasteiger partial charge in [0.15, 0.2) is 6.04 Å². The lowest BCUT2D eigenvalue weighted by molar-refractivity contribution is -0.142. The van der Waals surface area contributed by atoms with Crippen LogP contribution in [0.4, 0.5) is 16.2 Å². The number of nitrogens with one attached hydrogen (secondary N) is 3. The number of para-hydroxylation sites is 2. The Morgan fingerprint density at radius 3 is 2.13 bits per heavy atom. The van der Waals surface area contributed by atoms with Crippen molar-refractivity contribution in [2.75, 3.05) is 10.2 Å². The molecule has 0 spiro atoms. The van der Waals surface area contributed by atoms with Gasteiger partial charge in [0.1, 0.15) is 12.1 Å². The summed E-state index contributed by atoms with van der Waals surface area (Å²) in [6.07, 6.45) is 0.119. The molecular formula is C29H30N4O5. The van der Waals surface area contributed by atoms with E-state index in [4.69, 9.17) is 0 Å². The van der Waals surface area contributed by atoms with Crippen LogP contribution in [-0.2, 0) is 20.8 Å². The highest BCUT2D eigenvalue weighted by Crippen LogP contribution is 2.34. The highest BCUT2D eigenvalue weighted by Gasteiger charge is 2.40. The Bertz CT molecular complexity index is 1310. The number of rotatable bonds is 8. The third-order valence-electron chi connectivity index (χ3n) is 6.38. The number of anilines is 2. The van der Waals surface area contributed by atoms with Gasteiger partial charge in [-0.25, -0.2) is 9.59 Å². The highest BCUT2D eigenvalue weighted by atomic mass is 16.4. The van der Waals surface area contributed by atoms with E-state index in [2.05, 4.69) is 16.0 Å². The van der Waals surface area contributed by atoms with Crippen molar-refractivity contribution in [1.29, 1.82) is 0 Å². The fourth-order valence-corrected chi connectivity index (χ4v) is 4.55. The summed E-state index contributed by atoms with van der Waals surface area (Å²) in [7, 11) is 0. The molecule has 0 saturated carbocycles. The van der Waals surface area contributed by atoms with E-state index < -0.39 is 36.0 Å². The molecule has 0 fully saturated rings. The Labute approximate surface area is 220 Å². The molecule has 38 heavy (non-hydrogen) atoms. The number of fused-ring (bicyclic) bond motifs is 1. The van der Waals surface area contributed by atoms with E-state index in [0.717, 1.165) is 5.56 Å². The van der Waals surface area contributed by atoms with Crippen molar-refractivity contribution in [2.45, 2.75) is 38.4 Å². The number of amides is 4. The maximum Gasteiger partial charge on any atom is 0.330 e. The average molecular weight is 515 g/mol. The molecular weight excluding hydrogens is 484 g/mol. The monoisotopic (exact) mass is 514 g/mol. The van der Waals surface area contributed by atoms with E-state index in [9.17, 15) is 24.3 Å². The van der Waals surface area contributed by atoms with Crippen LogP contribution < -0.4 is 20.9 Å². The van der Waals surface area contributed by atoms with E-state index in [1.807, 2.05) is 44.2 Å². The second-order valence-corrected chi connectivity index (χ2v) is 9.45. The van der Waals surface area contributed by atoms with Crippen LogP contribution in [0.2, 0.25) is 0 Å². The Morgan fingerprint density at radius 2 is 1.50 bits per heavy atom. The summed E-state index contributed by atoms with van der Waals surface area (Å²) in [5, 5.41) is 18.0. The van der Waals surface area contributed by atoms with Gasteiger partial charge in [-0.15, -0.1) is 0 Å². The molecule has 1 heterocycles. The molecule has 4 rings (SSSR count). The summed E-state index contributed by atoms with van der Waals surface area (Å²) < 4.78 is 0. The third kappa shape index (κ3) is 5.83. The van der Waals surface area contributed by atoms with Crippen LogP contribution in [-0.4, -0.2) is 41.0 Å². The number of carbonyl (C=O) groups is 4. The molecule has 3 aromatic rings. The number of carbonyl (C=O) groups excluding carboxylic acids is 3. The van der Waals surface area contributed by atoms with Crippen molar-refractivity contribution in [3.63, 3.8) is 0 Å². The van der Waals surface area contributed by atoms with Gasteiger partial charge in [-0.2, -0.15) is 0 Å². The van der Waals surface area contributed by atoms with Crippen molar-refractivity contribution >= 4 is 35.2 Å². The van der Waals surface area contributed by atoms with Crippen LogP contribution in [0.5, 0.6) is 0 Å². The lowest BCUT2D eigenvalue weighted by Crippen LogP contribution is -2.60. The number of carboxylic acids is 1. The molecule has 0 bridgehead atoms. The van der Waals surface area contributed by atoms with E-state index >= 15 is 0 Å². The van der Waals surface area contributed by atoms with E-state index in [1.165, 1.54) is 4.90 Å². The SMILES string of the molecule is CC(C)[C@H]1C(=O)Nc2ccccc2N1C(=O)N[C@H](Cc1ccccc1)C(=O)N[C@H](C(=O)O)c1ccccc1. The fraction of sp³-hybridized carbons (Fsp3) is 0.241. The summed E-state index contributed by atoms with van der Waals surface area (Å²) in [4.78, 5) is 53.6. The molecule has 4 amide bonds. The largest absolute Gasteiger partial charge is 0.479 e. The number of urea groups is 1. The van der Waals surface area contributed by atoms with Crippen molar-refractivity contribution in [2.24, 2.45) is 5.92 Å². The first kappa shape index (κ1) is 26.4. The van der Waals surface area contributed by atoms with Gasteiger partial charge in [-0.05, 0) is 29.2 Å². The van der Waals surface area contributed by atoms with Gasteiger partial charge in [0.2, 0.25) is 11.8 Å². The van der Waals surface area contributed by atoms with Crippen LogP contribution in [0.3, 0.4) is 0 Å². The number of carboxylic acid groups (broad SMARTS) is 1. The number of benzene rings is 3. The standard InChI is InChI=1S/C29H30N4O5/c1-18(2)25-27(35)30-21-15-9-10-16-23(21)33(25)29(38)31-22(17-19-11-5-3-6-12-19)26(34)32-24(28(36)37)20-13-7-4-8-14-20/h3-16,18,22,24-25H,17H2,1-2H3,(H,30,35)(H,31,38)(H,32,34)(H,36,37)/t22-,24+,25+/m1/s1. The second kappa shape index (κ2) is 11.6. The first-order valence-electron chi connectivity index (χ1n) is 12.4. The second-order valence-electron chi connectivity index (χ2n) is 9.45. The Morgan fingerprint density at radius 1 is 0.895 bits per heavy atom. The van der Waals surface area contributed by atoms with Gasteiger partial charge < -0.3 is 21.1 Å². The summed E-state index contributed by atoms with van der Waals surface area (Å²) >= 11 is 0. The van der Waals surface area contributed by atoms with E-state index in [-0.39, 0.29) is 18.2 Å². The predicted octanol–water partition coefficient (Wildman–Crippen LogP) is 3.73. The van der Waals surface area contributed by atoms with Gasteiger partial charge in [0, 0.05) is 6.42 Å². The molecule has 0 aliphatic carbocycles. The molecule has 0 radical (unpaired) electrons. The number of aliphatic carboxylic acids is 1. The van der Waals surface area contributed by atoms with Gasteiger partial charge >= 0.3 is 12.0 Å². The first-order chi connectivity index (χ1) is 18.3. The molecule has 1 aliphatic heterocycles. The van der Waals surface area contributed by atoms with Gasteiger partial charge in [-0.1, -0.05) is 86.6 Å². The van der Waals surface area contributed by atoms with Crippen LogP contribution in [0.25, 0.3) is 0 Å². The minimum absolute atomic E-state index is 0.119. The highest BCUT2D eigenvalue weighted by molar-refractivity contribution is 6.12. The third-order valence-corrected chi connectivity index (χ3v) is 6.38. The lowest BCUT2D eigenvalue weighted by atomic mass is 9.97. The Kier molecular flexibility index (Phi) is 8.06. The molecule has 9 nitrogen and oxygen atoms in total. The maximum absolute atomic E-state index is 13.8. The molecule has 4 N–H and O–H groups in total. The molecule has 196 valence electrons. The molecule has 1 aliphatic rings. The minimum atomic E-state index is -1.30. The quantitative estimate of drug-likeness (QED) is 0.364. The summed E-state index contributed by atoms with van der Waals surface area (Å²) in [6, 6.07) is 20.6. The normalized spacial score (nSPS) is 16.1. The van der Waals surface area contributed by atoms with Crippen LogP contribution in [0.1, 0.15) is 31.0 Å². The summed E-state index contributed by atoms with van der Waals surface area (Å²) in [6.45, 7) is 3.67. The summed E-state index contributed by atoms with van der Waals surface area (Å²) in [5.74, 6) is -2.43. The van der Waals surface area contributed by atoms with Gasteiger partial charge in [0.25, 0.3) is 0 Å². The molecule has 0 unspecified atom stereocenters. The topological polar surface area (TPSA) is 128 Å². The van der Waals surface area contributed by atoms with E-state index in [0.29, 0.717) is 16.9 Å². The zero-order valence-electron chi connectivity index (χ0n) is 21.1. The van der Waals surface area contributed by atoms with Crippen molar-refractivity contribution in [1.82, 2.24) is 10.6 Å². The Balaban J connectivity index is 1.65. The lowest BCUT2D eigenvalue weighted by Gasteiger charge is -2.39. The zero-order chi connectivity index (χ0) is 27.2. The molecule has 3 aromatic carbocycles. The number of hydrogen-bond donors (Lipinski definition) is 4. The molecule has 0 aromatic heterocycles. The minimum Gasteiger partial charge on any atom is -0.479 e. The van der Waals surface area contributed by atoms with Crippen molar-refractivity contribution in [3.8, 4) is 0 Å². The predicted molar refractivity (Wildman–Crippen MR) is 144 cm³/mol. The van der Waals surface area contributed by atoms with E-state index in [1.54, 1.807) is 54.6 Å². The van der Waals surface area contributed by atoms with Crippen LogP contribution in [0, 0.1) is 5.92 Å². The van der Waals surface area contributed by atoms with Crippen LogP contribution >= 0.6 is 0 Å². The first-order valence-corrected chi connectivity index (χ1v) is 12.4. The summed E-state index contributed by atoms with van der Waals surface area (Å²) in [5.41, 5.74) is 2.18. The Hall–Kier alpha value is -4.66. The molecule has 3 atom stereocenters. The number of hydrogen-bond acceptors (Lipinski definition) is 4.